The third-order valence-corrected chi connectivity index (χ3v) is 0.864. The summed E-state index contributed by atoms with van der Waals surface area (Å²) in [6.07, 6.45) is 0. The Hall–Kier alpha value is 1.08. The second-order valence-electron chi connectivity index (χ2n) is 1.70. The maximum atomic E-state index is 5.06. The van der Waals surface area contributed by atoms with E-state index in [0.717, 1.165) is 0 Å². The van der Waals surface area contributed by atoms with Crippen LogP contribution in [0.5, 0.6) is 0 Å². The second-order valence-corrected chi connectivity index (χ2v) is 6.32. The van der Waals surface area contributed by atoms with Crippen molar-refractivity contribution >= 4 is 19.4 Å². The molecule has 0 saturated carbocycles. The van der Waals surface area contributed by atoms with Crippen molar-refractivity contribution in [1.82, 2.24) is 0 Å². The molecule has 0 rings (SSSR count). The van der Waals surface area contributed by atoms with Gasteiger partial charge in [0, 0.05) is 14.2 Å². The van der Waals surface area contributed by atoms with Crippen LogP contribution in [0.15, 0.2) is 0 Å². The average Bonchev–Trinajstić information content (AvgIpc) is 2.06. The molecule has 0 aromatic heterocycles. The number of rotatable bonds is 6. The molecule has 0 aliphatic rings. The van der Waals surface area contributed by atoms with Gasteiger partial charge in [0.05, 0.1) is 26.4 Å². The monoisotopic (exact) mass is 268 g/mol. The molecule has 0 bridgehead atoms. The first kappa shape index (κ1) is 15.6. The molecular formula is C6H14Cl2O3Zn. The first-order chi connectivity index (χ1) is 5.83. The van der Waals surface area contributed by atoms with Crippen LogP contribution >= 0.6 is 19.4 Å². The molecule has 3 nitrogen and oxygen atoms in total. The third-order valence-electron chi connectivity index (χ3n) is 0.864. The zero-order valence-corrected chi connectivity index (χ0v) is 12.0. The summed E-state index contributed by atoms with van der Waals surface area (Å²) < 4.78 is 14.6. The first-order valence-electron chi connectivity index (χ1n) is 3.51. The number of ether oxygens (including phenoxy) is 3. The Bertz CT molecular complexity index is 62.8. The molecule has 6 heteroatoms. The van der Waals surface area contributed by atoms with Crippen LogP contribution in [0.25, 0.3) is 0 Å². The molecule has 0 radical (unpaired) electrons. The number of halogens is 2. The number of methoxy groups -OCH3 is 2. The van der Waals surface area contributed by atoms with E-state index in [-0.39, 0.29) is 0 Å². The fraction of sp³-hybridized carbons (Fsp3) is 1.00. The molecule has 0 aliphatic carbocycles. The van der Waals surface area contributed by atoms with E-state index in [4.69, 9.17) is 33.6 Å². The summed E-state index contributed by atoms with van der Waals surface area (Å²) in [5.74, 6) is 0. The van der Waals surface area contributed by atoms with E-state index >= 15 is 0 Å². The van der Waals surface area contributed by atoms with Crippen molar-refractivity contribution in [3.63, 3.8) is 0 Å². The predicted molar refractivity (Wildman–Crippen MR) is 46.3 cm³/mol. The van der Waals surface area contributed by atoms with Crippen molar-refractivity contribution in [1.29, 1.82) is 0 Å². The minimum absolute atomic E-state index is 0.653. The van der Waals surface area contributed by atoms with E-state index in [1.807, 2.05) is 0 Å². The summed E-state index contributed by atoms with van der Waals surface area (Å²) in [5.41, 5.74) is 0. The summed E-state index contributed by atoms with van der Waals surface area (Å²) in [6, 6.07) is 0. The minimum atomic E-state index is -0.931. The van der Waals surface area contributed by atoms with Gasteiger partial charge in [0.2, 0.25) is 0 Å². The molecular weight excluding hydrogens is 256 g/mol. The molecule has 0 unspecified atom stereocenters. The van der Waals surface area contributed by atoms with Crippen molar-refractivity contribution < 1.29 is 29.4 Å². The van der Waals surface area contributed by atoms with Gasteiger partial charge in [-0.15, -0.1) is 0 Å². The molecule has 0 heterocycles. The predicted octanol–water partition coefficient (Wildman–Crippen LogP) is 1.67. The van der Waals surface area contributed by atoms with Crippen molar-refractivity contribution in [2.75, 3.05) is 40.6 Å². The van der Waals surface area contributed by atoms with Gasteiger partial charge in [-0.1, -0.05) is 0 Å². The van der Waals surface area contributed by atoms with E-state index in [2.05, 4.69) is 0 Å². The summed E-state index contributed by atoms with van der Waals surface area (Å²) in [4.78, 5) is 0. The van der Waals surface area contributed by atoms with E-state index in [1.165, 1.54) is 0 Å². The second kappa shape index (κ2) is 18.0. The van der Waals surface area contributed by atoms with Gasteiger partial charge in [-0.2, -0.15) is 0 Å². The molecule has 0 aliphatic heterocycles. The molecule has 0 spiro atoms. The Morgan fingerprint density at radius 1 is 0.917 bits per heavy atom. The van der Waals surface area contributed by atoms with Gasteiger partial charge in [0.25, 0.3) is 0 Å². The summed E-state index contributed by atoms with van der Waals surface area (Å²) in [6.45, 7) is 2.62. The quantitative estimate of drug-likeness (QED) is 0.543. The van der Waals surface area contributed by atoms with Gasteiger partial charge in [-0.25, -0.2) is 0 Å². The summed E-state index contributed by atoms with van der Waals surface area (Å²) >= 11 is -0.931. The molecule has 0 fully saturated rings. The van der Waals surface area contributed by atoms with Gasteiger partial charge in [-0.3, -0.25) is 0 Å². The van der Waals surface area contributed by atoms with Crippen LogP contribution in [0.3, 0.4) is 0 Å². The Balaban J connectivity index is 0. The Morgan fingerprint density at radius 2 is 1.25 bits per heavy atom. The zero-order chi connectivity index (χ0) is 9.66. The summed E-state index contributed by atoms with van der Waals surface area (Å²) in [7, 11) is 13.2. The van der Waals surface area contributed by atoms with E-state index < -0.39 is 15.1 Å². The van der Waals surface area contributed by atoms with Crippen molar-refractivity contribution in [2.24, 2.45) is 0 Å². The normalized spacial score (nSPS) is 8.33. The first-order valence-corrected chi connectivity index (χ1v) is 11.3. The van der Waals surface area contributed by atoms with Crippen LogP contribution in [-0.2, 0) is 29.4 Å². The van der Waals surface area contributed by atoms with Crippen molar-refractivity contribution in [3.8, 4) is 0 Å². The van der Waals surface area contributed by atoms with Crippen LogP contribution in [-0.4, -0.2) is 40.6 Å². The topological polar surface area (TPSA) is 27.7 Å². The molecule has 72 valence electrons. The van der Waals surface area contributed by atoms with Crippen LogP contribution in [0, 0.1) is 0 Å². The SMILES string of the molecule is COCCOCCOC.[Cl][Zn][Cl]. The fourth-order valence-electron chi connectivity index (χ4n) is 0.387. The molecule has 0 saturated heterocycles. The maximum absolute atomic E-state index is 5.06. The molecule has 12 heavy (non-hydrogen) atoms. The molecule has 0 N–H and O–H groups in total. The number of hydrogen-bond acceptors (Lipinski definition) is 3. The Morgan fingerprint density at radius 3 is 1.50 bits per heavy atom. The average molecular weight is 270 g/mol. The van der Waals surface area contributed by atoms with Crippen molar-refractivity contribution in [2.45, 2.75) is 0 Å². The van der Waals surface area contributed by atoms with Gasteiger partial charge in [0.1, 0.15) is 0 Å². The Kier molecular flexibility index (Phi) is 23.3. The van der Waals surface area contributed by atoms with Crippen molar-refractivity contribution in [3.05, 3.63) is 0 Å². The van der Waals surface area contributed by atoms with Crippen LogP contribution in [0.1, 0.15) is 0 Å². The standard InChI is InChI=1S/C6H14O3.2ClH.Zn/c1-7-3-5-9-6-4-8-2;;;/h3-6H2,1-2H3;2*1H;/q;;;+2/p-2. The third kappa shape index (κ3) is 22.5. The van der Waals surface area contributed by atoms with Crippen LogP contribution in [0.4, 0.5) is 0 Å². The summed E-state index contributed by atoms with van der Waals surface area (Å²) in [5, 5.41) is 0. The fourth-order valence-corrected chi connectivity index (χ4v) is 0.387. The molecule has 0 aromatic rings. The van der Waals surface area contributed by atoms with Crippen LogP contribution < -0.4 is 0 Å². The van der Waals surface area contributed by atoms with Gasteiger partial charge in [-0.05, 0) is 0 Å². The van der Waals surface area contributed by atoms with Gasteiger partial charge < -0.3 is 14.2 Å². The van der Waals surface area contributed by atoms with E-state index in [9.17, 15) is 0 Å². The Labute approximate surface area is 89.3 Å². The molecule has 0 aromatic carbocycles. The molecule has 0 amide bonds. The van der Waals surface area contributed by atoms with Gasteiger partial charge in [0.15, 0.2) is 0 Å². The van der Waals surface area contributed by atoms with Gasteiger partial charge >= 0.3 is 34.5 Å². The zero-order valence-electron chi connectivity index (χ0n) is 7.52. The number of hydrogen-bond donors (Lipinski definition) is 0. The van der Waals surface area contributed by atoms with Crippen LogP contribution in [0.2, 0.25) is 0 Å². The van der Waals surface area contributed by atoms with E-state index in [0.29, 0.717) is 26.4 Å². The molecule has 0 atom stereocenters. The van der Waals surface area contributed by atoms with E-state index in [1.54, 1.807) is 14.2 Å².